The minimum atomic E-state index is -0.687. The van der Waals surface area contributed by atoms with Crippen molar-refractivity contribution in [3.63, 3.8) is 0 Å². The first kappa shape index (κ1) is 41.9. The van der Waals surface area contributed by atoms with Gasteiger partial charge >= 0.3 is 12.2 Å². The van der Waals surface area contributed by atoms with Crippen LogP contribution in [0.1, 0.15) is 24.0 Å². The van der Waals surface area contributed by atoms with E-state index < -0.39 is 47.7 Å². The summed E-state index contributed by atoms with van der Waals surface area (Å²) in [5.41, 5.74) is 1.50. The lowest BCUT2D eigenvalue weighted by atomic mass is 9.98. The highest BCUT2D eigenvalue weighted by Gasteiger charge is 2.35. The number of benzene rings is 2. The number of aromatic nitrogens is 2. The molecule has 4 aliphatic rings. The van der Waals surface area contributed by atoms with E-state index in [0.29, 0.717) is 37.1 Å². The number of halogens is 6. The van der Waals surface area contributed by atoms with Crippen LogP contribution in [0.5, 0.6) is 11.8 Å². The van der Waals surface area contributed by atoms with Gasteiger partial charge in [-0.3, -0.25) is 9.80 Å². The van der Waals surface area contributed by atoms with E-state index in [9.17, 15) is 27.2 Å². The van der Waals surface area contributed by atoms with Crippen molar-refractivity contribution in [3.8, 4) is 11.8 Å². The van der Waals surface area contributed by atoms with Gasteiger partial charge in [0.15, 0.2) is 12.2 Å². The molecule has 20 heteroatoms. The molecule has 300 valence electrons. The van der Waals surface area contributed by atoms with E-state index in [4.69, 9.17) is 18.9 Å². The monoisotopic (exact) mass is 826 g/mol. The molecule has 2 aromatic heterocycles. The van der Waals surface area contributed by atoms with Crippen LogP contribution >= 0.6 is 0 Å². The third-order valence-electron chi connectivity index (χ3n) is 9.03. The summed E-state index contributed by atoms with van der Waals surface area (Å²) in [6, 6.07) is 7.71. The minimum Gasteiger partial charge on any atom is -1.00 e. The smallest absolute Gasteiger partial charge is 0.414 e. The lowest BCUT2D eigenvalue weighted by Crippen LogP contribution is -3.00. The molecule has 0 saturated carbocycles. The molecule has 6 heterocycles. The lowest BCUT2D eigenvalue weighted by molar-refractivity contribution is -0.647. The summed E-state index contributed by atoms with van der Waals surface area (Å²) in [6.07, 6.45) is 5.03. The van der Waals surface area contributed by atoms with E-state index in [2.05, 4.69) is 30.0 Å². The number of cyclic esters (lactones) is 2. The van der Waals surface area contributed by atoms with Crippen LogP contribution in [0.3, 0.4) is 0 Å². The second kappa shape index (κ2) is 19.0. The van der Waals surface area contributed by atoms with Gasteiger partial charge in [0.1, 0.15) is 49.0 Å². The fourth-order valence-corrected chi connectivity index (χ4v) is 6.45. The quantitative estimate of drug-likeness (QED) is 0.163. The molecule has 2 amide bonds. The number of nitrogens with two attached hydrogens (primary N) is 2. The number of carbonyl (C=O) groups is 2. The predicted octanol–water partition coefficient (Wildman–Crippen LogP) is -2.58. The summed E-state index contributed by atoms with van der Waals surface area (Å²) in [5, 5.41) is 11.3. The Labute approximate surface area is 329 Å². The molecule has 2 aromatic carbocycles. The highest BCUT2D eigenvalue weighted by molar-refractivity contribution is 5.91. The topological polar surface area (TPSA) is 163 Å². The molecule has 2 saturated heterocycles. The van der Waals surface area contributed by atoms with Crippen LogP contribution in [0, 0.1) is 23.3 Å². The molecular weight excluding hydrogens is 791 g/mol. The maximum Gasteiger partial charge on any atom is 0.414 e. The maximum absolute atomic E-state index is 14.6. The summed E-state index contributed by atoms with van der Waals surface area (Å²) in [4.78, 5) is 26.6. The van der Waals surface area contributed by atoms with E-state index in [-0.39, 0.29) is 85.4 Å². The Bertz CT molecular complexity index is 1850. The third kappa shape index (κ3) is 9.73. The van der Waals surface area contributed by atoms with Gasteiger partial charge in [0.25, 0.3) is 11.8 Å². The molecule has 0 bridgehead atoms. The zero-order valence-electron chi connectivity index (χ0n) is 29.5. The standard InChI is InChI=1S/2C18H17F2N3O4.2ClH/c2*19-14-7-12(8-15(20)17(14)11-1-4-21-5-2-11)23-9-13(27-18(23)24)10-25-16-3-6-26-22-16;;/h2*1,3,6-8,13,21H,2,4-5,9-10H2;2*1H/t2*13-;;/m11../s1. The summed E-state index contributed by atoms with van der Waals surface area (Å²) in [7, 11) is 0. The van der Waals surface area contributed by atoms with Crippen molar-refractivity contribution in [2.75, 3.05) is 62.3 Å². The molecule has 0 spiro atoms. The molecule has 0 aliphatic carbocycles. The number of quaternary nitrogens is 2. The Balaban J connectivity index is 0.000000207. The predicted molar refractivity (Wildman–Crippen MR) is 180 cm³/mol. The average Bonchev–Trinajstić information content (AvgIpc) is 3.99. The second-order valence-electron chi connectivity index (χ2n) is 12.7. The third-order valence-corrected chi connectivity index (χ3v) is 9.03. The van der Waals surface area contributed by atoms with Gasteiger partial charge < -0.3 is 63.4 Å². The molecule has 0 radical (unpaired) electrons. The van der Waals surface area contributed by atoms with Crippen molar-refractivity contribution in [2.24, 2.45) is 0 Å². The maximum atomic E-state index is 14.6. The normalized spacial score (nSPS) is 19.1. The van der Waals surface area contributed by atoms with Crippen molar-refractivity contribution in [3.05, 3.63) is 95.5 Å². The number of nitrogens with zero attached hydrogens (tertiary/aromatic N) is 4. The van der Waals surface area contributed by atoms with Gasteiger partial charge in [-0.15, -0.1) is 0 Å². The molecule has 4 aromatic rings. The van der Waals surface area contributed by atoms with Crippen molar-refractivity contribution in [1.82, 2.24) is 10.3 Å². The van der Waals surface area contributed by atoms with Gasteiger partial charge in [-0.05, 0) is 57.9 Å². The zero-order chi connectivity index (χ0) is 37.6. The number of rotatable bonds is 10. The number of amides is 2. The Kier molecular flexibility index (Phi) is 14.2. The van der Waals surface area contributed by atoms with Crippen LogP contribution in [0.4, 0.5) is 38.5 Å². The summed E-state index contributed by atoms with van der Waals surface area (Å²) >= 11 is 0. The van der Waals surface area contributed by atoms with Gasteiger partial charge in [0.2, 0.25) is 0 Å². The highest BCUT2D eigenvalue weighted by atomic mass is 35.5. The SMILES string of the molecule is O=C1O[C@@H](COc2ccon2)CN1c1cc(F)c(C2=CC[NH2+]CC2)c(F)c1.O=C1O[C@@H](COc2ccon2)CN1c1cc(F)c(C2=CC[NH2+]CC2)c(F)c1.[Cl-].[Cl-]. The van der Waals surface area contributed by atoms with Gasteiger partial charge in [0.05, 0.1) is 50.6 Å². The van der Waals surface area contributed by atoms with Crippen molar-refractivity contribution in [1.29, 1.82) is 0 Å². The fourth-order valence-electron chi connectivity index (χ4n) is 6.45. The molecule has 14 nitrogen and oxygen atoms in total. The number of hydrogen-bond donors (Lipinski definition) is 2. The minimum absolute atomic E-state index is 0. The Morgan fingerprint density at radius 2 is 1.05 bits per heavy atom. The number of carbonyl (C=O) groups excluding carboxylic acids is 2. The first-order valence-corrected chi connectivity index (χ1v) is 17.3. The molecule has 4 N–H and O–H groups in total. The van der Waals surface area contributed by atoms with E-state index in [0.717, 1.165) is 13.1 Å². The van der Waals surface area contributed by atoms with E-state index >= 15 is 0 Å². The highest BCUT2D eigenvalue weighted by Crippen LogP contribution is 2.33. The van der Waals surface area contributed by atoms with Crippen molar-refractivity contribution >= 4 is 34.7 Å². The second-order valence-corrected chi connectivity index (χ2v) is 12.7. The molecule has 0 unspecified atom stereocenters. The van der Waals surface area contributed by atoms with Gasteiger partial charge in [0, 0.05) is 36.1 Å². The molecular formula is C36H36Cl2F4N6O8. The van der Waals surface area contributed by atoms with Crippen molar-refractivity contribution < 1.29 is 90.6 Å². The van der Waals surface area contributed by atoms with Gasteiger partial charge in [-0.1, -0.05) is 0 Å². The molecule has 8 rings (SSSR count). The Morgan fingerprint density at radius 3 is 1.38 bits per heavy atom. The Hall–Kier alpha value is -5.30. The fraction of sp³-hybridized carbons (Fsp3) is 0.333. The first-order chi connectivity index (χ1) is 26.2. The van der Waals surface area contributed by atoms with E-state index in [1.165, 1.54) is 58.7 Å². The molecule has 4 aliphatic heterocycles. The zero-order valence-corrected chi connectivity index (χ0v) is 31.0. The van der Waals surface area contributed by atoms with E-state index in [1.54, 1.807) is 0 Å². The van der Waals surface area contributed by atoms with Crippen LogP contribution < -0.4 is 54.7 Å². The number of ether oxygens (including phenoxy) is 4. The van der Waals surface area contributed by atoms with E-state index in [1.807, 2.05) is 12.2 Å². The van der Waals surface area contributed by atoms with Crippen LogP contribution in [-0.2, 0) is 9.47 Å². The van der Waals surface area contributed by atoms with Crippen LogP contribution in [0.15, 0.2) is 70.1 Å². The Morgan fingerprint density at radius 1 is 0.661 bits per heavy atom. The van der Waals surface area contributed by atoms with Crippen LogP contribution in [-0.4, -0.2) is 87.2 Å². The number of hydrogen-bond acceptors (Lipinski definition) is 10. The summed E-state index contributed by atoms with van der Waals surface area (Å²) in [5.74, 6) is -2.21. The lowest BCUT2D eigenvalue weighted by Gasteiger charge is -2.17. The molecule has 2 atom stereocenters. The van der Waals surface area contributed by atoms with Crippen molar-refractivity contribution in [2.45, 2.75) is 25.0 Å². The largest absolute Gasteiger partial charge is 1.00 e. The number of anilines is 2. The summed E-state index contributed by atoms with van der Waals surface area (Å²) < 4.78 is 88.7. The summed E-state index contributed by atoms with van der Waals surface area (Å²) in [6.45, 7) is 3.32. The van der Waals surface area contributed by atoms with Crippen LogP contribution in [0.25, 0.3) is 11.1 Å². The molecule has 56 heavy (non-hydrogen) atoms. The van der Waals surface area contributed by atoms with Gasteiger partial charge in [-0.2, -0.15) is 0 Å². The van der Waals surface area contributed by atoms with Crippen LogP contribution in [0.2, 0.25) is 0 Å². The average molecular weight is 828 g/mol. The first-order valence-electron chi connectivity index (χ1n) is 17.3. The van der Waals surface area contributed by atoms with Gasteiger partial charge in [-0.25, -0.2) is 27.2 Å². The molecule has 2 fully saturated rings.